The van der Waals surface area contributed by atoms with Gasteiger partial charge in [0.15, 0.2) is 5.58 Å². The lowest BCUT2D eigenvalue weighted by Crippen LogP contribution is -2.48. The zero-order valence-electron chi connectivity index (χ0n) is 14.3. The summed E-state index contributed by atoms with van der Waals surface area (Å²) < 4.78 is 33.8. The smallest absolute Gasteiger partial charge is 0.408 e. The minimum atomic E-state index is -3.60. The van der Waals surface area contributed by atoms with Crippen molar-refractivity contribution in [1.29, 1.82) is 0 Å². The monoisotopic (exact) mass is 393 g/mol. The molecule has 1 fully saturated rings. The van der Waals surface area contributed by atoms with Gasteiger partial charge in [-0.05, 0) is 23.6 Å². The number of thiophene rings is 1. The maximum absolute atomic E-state index is 12.9. The van der Waals surface area contributed by atoms with Gasteiger partial charge in [0, 0.05) is 50.7 Å². The lowest BCUT2D eigenvalue weighted by Gasteiger charge is -2.33. The summed E-state index contributed by atoms with van der Waals surface area (Å²) in [6, 6.07) is 8.70. The van der Waals surface area contributed by atoms with E-state index >= 15 is 0 Å². The molecule has 0 bridgehead atoms. The molecule has 0 amide bonds. The van der Waals surface area contributed by atoms with E-state index < -0.39 is 15.8 Å². The Morgan fingerprint density at radius 1 is 1.15 bits per heavy atom. The molecule has 1 aliphatic rings. The van der Waals surface area contributed by atoms with Crippen molar-refractivity contribution in [2.75, 3.05) is 26.2 Å². The number of rotatable bonds is 4. The second kappa shape index (κ2) is 6.66. The molecule has 1 aromatic carbocycles. The van der Waals surface area contributed by atoms with E-state index in [0.29, 0.717) is 31.7 Å². The molecule has 0 aliphatic carbocycles. The highest BCUT2D eigenvalue weighted by Gasteiger charge is 2.29. The van der Waals surface area contributed by atoms with Gasteiger partial charge in [-0.1, -0.05) is 6.07 Å². The van der Waals surface area contributed by atoms with E-state index in [9.17, 15) is 13.2 Å². The summed E-state index contributed by atoms with van der Waals surface area (Å²) in [4.78, 5) is 15.3. The van der Waals surface area contributed by atoms with Crippen molar-refractivity contribution >= 4 is 32.5 Å². The van der Waals surface area contributed by atoms with E-state index in [1.54, 1.807) is 24.5 Å². The molecule has 0 saturated carbocycles. The van der Waals surface area contributed by atoms with Crippen molar-refractivity contribution < 1.29 is 12.8 Å². The molecule has 26 heavy (non-hydrogen) atoms. The van der Waals surface area contributed by atoms with Crippen LogP contribution in [-0.4, -0.2) is 48.4 Å². The van der Waals surface area contributed by atoms with Crippen molar-refractivity contribution in [3.63, 3.8) is 0 Å². The minimum absolute atomic E-state index is 0.158. The van der Waals surface area contributed by atoms with Crippen LogP contribution in [0, 0.1) is 0 Å². The number of oxazole rings is 1. The summed E-state index contributed by atoms with van der Waals surface area (Å²) >= 11 is 1.71. The number of piperazine rings is 1. The summed E-state index contributed by atoms with van der Waals surface area (Å²) in [6.45, 7) is 3.14. The first-order valence-corrected chi connectivity index (χ1v) is 10.6. The second-order valence-corrected chi connectivity index (χ2v) is 9.29. The molecule has 1 saturated heterocycles. The molecule has 0 N–H and O–H groups in total. The quantitative estimate of drug-likeness (QED) is 0.674. The summed E-state index contributed by atoms with van der Waals surface area (Å²) in [6.07, 6.45) is 0. The topological polar surface area (TPSA) is 75.8 Å². The molecule has 7 nitrogen and oxygen atoms in total. The van der Waals surface area contributed by atoms with Crippen LogP contribution in [-0.2, 0) is 23.6 Å². The predicted molar refractivity (Wildman–Crippen MR) is 99.8 cm³/mol. The number of fused-ring (bicyclic) bond motifs is 1. The summed E-state index contributed by atoms with van der Waals surface area (Å²) in [5, 5.41) is 2.05. The van der Waals surface area contributed by atoms with Crippen LogP contribution >= 0.6 is 11.3 Å². The third-order valence-corrected chi connectivity index (χ3v) is 7.45. The molecular formula is C17H19N3O4S2. The van der Waals surface area contributed by atoms with Crippen molar-refractivity contribution in [1.82, 2.24) is 13.8 Å². The number of aromatic nitrogens is 1. The van der Waals surface area contributed by atoms with Gasteiger partial charge >= 0.3 is 5.76 Å². The maximum atomic E-state index is 12.9. The van der Waals surface area contributed by atoms with Gasteiger partial charge in [-0.3, -0.25) is 9.47 Å². The zero-order valence-corrected chi connectivity index (χ0v) is 15.9. The van der Waals surface area contributed by atoms with Crippen LogP contribution in [0.3, 0.4) is 0 Å². The van der Waals surface area contributed by atoms with Gasteiger partial charge in [0.25, 0.3) is 0 Å². The Labute approximate surface area is 155 Å². The largest absolute Gasteiger partial charge is 0.419 e. The average Bonchev–Trinajstić information content (AvgIpc) is 3.23. The van der Waals surface area contributed by atoms with Crippen LogP contribution in [0.5, 0.6) is 0 Å². The molecule has 2 aromatic heterocycles. The van der Waals surface area contributed by atoms with Gasteiger partial charge in [-0.25, -0.2) is 13.2 Å². The Hall–Kier alpha value is -1.94. The van der Waals surface area contributed by atoms with Crippen molar-refractivity contribution in [3.8, 4) is 0 Å². The second-order valence-electron chi connectivity index (χ2n) is 6.32. The van der Waals surface area contributed by atoms with Gasteiger partial charge in [0.1, 0.15) is 0 Å². The third-order valence-electron chi connectivity index (χ3n) is 4.69. The van der Waals surface area contributed by atoms with Gasteiger partial charge in [-0.15, -0.1) is 11.3 Å². The first-order valence-electron chi connectivity index (χ1n) is 8.29. The van der Waals surface area contributed by atoms with Crippen LogP contribution in [0.2, 0.25) is 0 Å². The van der Waals surface area contributed by atoms with Gasteiger partial charge in [-0.2, -0.15) is 4.31 Å². The van der Waals surface area contributed by atoms with E-state index in [0.717, 1.165) is 6.54 Å². The highest BCUT2D eigenvalue weighted by Crippen LogP contribution is 2.23. The molecule has 3 aromatic rings. The lowest BCUT2D eigenvalue weighted by molar-refractivity contribution is 0.183. The Morgan fingerprint density at radius 3 is 2.62 bits per heavy atom. The molecule has 0 atom stereocenters. The fraction of sp³-hybridized carbons (Fsp3) is 0.353. The molecule has 9 heteroatoms. The molecular weight excluding hydrogens is 374 g/mol. The summed E-state index contributed by atoms with van der Waals surface area (Å²) in [5.41, 5.74) is 0.865. The summed E-state index contributed by atoms with van der Waals surface area (Å²) in [5.74, 6) is -0.503. The molecule has 4 rings (SSSR count). The SMILES string of the molecule is Cn1c(=O)oc2cc(S(=O)(=O)N3CCN(Cc4cccs4)CC3)ccc21. The van der Waals surface area contributed by atoms with Crippen LogP contribution in [0.1, 0.15) is 4.88 Å². The Balaban J connectivity index is 1.51. The van der Waals surface area contributed by atoms with Crippen LogP contribution in [0.25, 0.3) is 11.1 Å². The van der Waals surface area contributed by atoms with Gasteiger partial charge in [0.2, 0.25) is 10.0 Å². The number of sulfonamides is 1. The normalized spacial score (nSPS) is 17.1. The van der Waals surface area contributed by atoms with E-state index in [-0.39, 0.29) is 10.5 Å². The highest BCUT2D eigenvalue weighted by atomic mass is 32.2. The molecule has 138 valence electrons. The Morgan fingerprint density at radius 2 is 1.92 bits per heavy atom. The standard InChI is InChI=1S/C17H19N3O4S2/c1-18-15-5-4-14(11-16(15)24-17(18)21)26(22,23)20-8-6-19(7-9-20)12-13-3-2-10-25-13/h2-5,10-11H,6-9,12H2,1H3. The maximum Gasteiger partial charge on any atom is 0.419 e. The van der Waals surface area contributed by atoms with Gasteiger partial charge < -0.3 is 4.42 Å². The Bertz CT molecular complexity index is 1080. The van der Waals surface area contributed by atoms with E-state index in [2.05, 4.69) is 11.0 Å². The lowest BCUT2D eigenvalue weighted by atomic mass is 10.3. The van der Waals surface area contributed by atoms with E-state index in [4.69, 9.17) is 4.42 Å². The molecule has 3 heterocycles. The van der Waals surface area contributed by atoms with Crippen molar-refractivity contribution in [3.05, 3.63) is 51.1 Å². The van der Waals surface area contributed by atoms with Gasteiger partial charge in [0.05, 0.1) is 10.4 Å². The number of nitrogens with zero attached hydrogens (tertiary/aromatic N) is 3. The molecule has 0 spiro atoms. The first kappa shape index (κ1) is 17.5. The number of hydrogen-bond donors (Lipinski definition) is 0. The molecule has 0 radical (unpaired) electrons. The fourth-order valence-corrected chi connectivity index (χ4v) is 5.36. The van der Waals surface area contributed by atoms with Crippen molar-refractivity contribution in [2.24, 2.45) is 7.05 Å². The first-order chi connectivity index (χ1) is 12.4. The van der Waals surface area contributed by atoms with Crippen LogP contribution in [0.4, 0.5) is 0 Å². The summed E-state index contributed by atoms with van der Waals surface area (Å²) in [7, 11) is -2.01. The van der Waals surface area contributed by atoms with Crippen LogP contribution < -0.4 is 5.76 Å². The van der Waals surface area contributed by atoms with Crippen molar-refractivity contribution in [2.45, 2.75) is 11.4 Å². The zero-order chi connectivity index (χ0) is 18.3. The predicted octanol–water partition coefficient (Wildman–Crippen LogP) is 1.70. The Kier molecular flexibility index (Phi) is 4.47. The molecule has 0 unspecified atom stereocenters. The van der Waals surface area contributed by atoms with E-state index in [1.807, 2.05) is 11.4 Å². The fourth-order valence-electron chi connectivity index (χ4n) is 3.17. The third kappa shape index (κ3) is 3.11. The van der Waals surface area contributed by atoms with Crippen LogP contribution in [0.15, 0.2) is 49.8 Å². The number of hydrogen-bond acceptors (Lipinski definition) is 6. The highest BCUT2D eigenvalue weighted by molar-refractivity contribution is 7.89. The minimum Gasteiger partial charge on any atom is -0.408 e. The number of aryl methyl sites for hydroxylation is 1. The molecule has 1 aliphatic heterocycles. The number of benzene rings is 1. The van der Waals surface area contributed by atoms with E-state index in [1.165, 1.54) is 25.9 Å². The average molecular weight is 393 g/mol.